The van der Waals surface area contributed by atoms with Gasteiger partial charge in [-0.1, -0.05) is 6.07 Å². The summed E-state index contributed by atoms with van der Waals surface area (Å²) in [5, 5.41) is 13.5. The van der Waals surface area contributed by atoms with Crippen LogP contribution in [0.5, 0.6) is 0 Å². The van der Waals surface area contributed by atoms with Crippen LogP contribution in [0.25, 0.3) is 0 Å². The first kappa shape index (κ1) is 16.9. The summed E-state index contributed by atoms with van der Waals surface area (Å²) < 4.78 is 10.2. The molecule has 0 aromatic heterocycles. The van der Waals surface area contributed by atoms with E-state index in [4.69, 9.17) is 9.47 Å². The first-order valence-corrected chi connectivity index (χ1v) is 7.28. The molecule has 1 aliphatic heterocycles. The second-order valence-electron chi connectivity index (χ2n) is 5.27. The molecule has 8 heteroatoms. The zero-order chi connectivity index (χ0) is 16.8. The quantitative estimate of drug-likeness (QED) is 0.481. The van der Waals surface area contributed by atoms with Crippen LogP contribution in [0.15, 0.2) is 18.2 Å². The van der Waals surface area contributed by atoms with Gasteiger partial charge in [0.1, 0.15) is 0 Å². The lowest BCUT2D eigenvalue weighted by Crippen LogP contribution is -2.34. The van der Waals surface area contributed by atoms with Crippen molar-refractivity contribution in [2.24, 2.45) is 0 Å². The molecule has 1 N–H and O–H groups in total. The standard InChI is InChI=1S/C15H18N2O6/c1-10-4-5-11(7-13(10)17(20)21)15(19)23-9-14(18)16-8-12-3-2-6-22-12/h4-5,7,12H,2-3,6,8-9H2,1H3,(H,16,18)/t12-/m0/s1. The van der Waals surface area contributed by atoms with Crippen LogP contribution < -0.4 is 5.32 Å². The Morgan fingerprint density at radius 2 is 2.26 bits per heavy atom. The lowest BCUT2D eigenvalue weighted by molar-refractivity contribution is -0.385. The number of ether oxygens (including phenoxy) is 2. The minimum Gasteiger partial charge on any atom is -0.452 e. The van der Waals surface area contributed by atoms with E-state index < -0.39 is 23.4 Å². The molecule has 1 aromatic rings. The first-order valence-electron chi connectivity index (χ1n) is 7.28. The van der Waals surface area contributed by atoms with Crippen LogP contribution in [0.1, 0.15) is 28.8 Å². The molecular weight excluding hydrogens is 304 g/mol. The number of nitro groups is 1. The zero-order valence-electron chi connectivity index (χ0n) is 12.7. The molecule has 0 spiro atoms. The highest BCUT2D eigenvalue weighted by Crippen LogP contribution is 2.19. The molecule has 0 saturated carbocycles. The van der Waals surface area contributed by atoms with Crippen LogP contribution in [-0.2, 0) is 14.3 Å². The molecule has 2 rings (SSSR count). The van der Waals surface area contributed by atoms with Gasteiger partial charge in [-0.2, -0.15) is 0 Å². The van der Waals surface area contributed by atoms with Gasteiger partial charge >= 0.3 is 5.97 Å². The van der Waals surface area contributed by atoms with Crippen molar-refractivity contribution in [3.05, 3.63) is 39.4 Å². The molecule has 23 heavy (non-hydrogen) atoms. The molecule has 1 aromatic carbocycles. The van der Waals surface area contributed by atoms with Gasteiger partial charge in [-0.05, 0) is 25.8 Å². The third kappa shape index (κ3) is 4.75. The van der Waals surface area contributed by atoms with Gasteiger partial charge in [-0.3, -0.25) is 14.9 Å². The zero-order valence-corrected chi connectivity index (χ0v) is 12.7. The second-order valence-corrected chi connectivity index (χ2v) is 5.27. The summed E-state index contributed by atoms with van der Waals surface area (Å²) in [4.78, 5) is 33.7. The van der Waals surface area contributed by atoms with Gasteiger partial charge in [0.25, 0.3) is 11.6 Å². The first-order chi connectivity index (χ1) is 11.0. The fraction of sp³-hybridized carbons (Fsp3) is 0.467. The number of nitrogens with one attached hydrogen (secondary N) is 1. The summed E-state index contributed by atoms with van der Waals surface area (Å²) in [5.41, 5.74) is 0.317. The maximum atomic E-state index is 11.8. The minimum atomic E-state index is -0.777. The highest BCUT2D eigenvalue weighted by atomic mass is 16.6. The summed E-state index contributed by atoms with van der Waals surface area (Å²) in [6.45, 7) is 2.22. The molecule has 8 nitrogen and oxygen atoms in total. The van der Waals surface area contributed by atoms with Crippen molar-refractivity contribution in [2.75, 3.05) is 19.8 Å². The predicted octanol–water partition coefficient (Wildman–Crippen LogP) is 1.36. The predicted molar refractivity (Wildman–Crippen MR) is 80.1 cm³/mol. The number of hydrogen-bond donors (Lipinski definition) is 1. The van der Waals surface area contributed by atoms with Crippen molar-refractivity contribution in [1.29, 1.82) is 0 Å². The number of nitrogens with zero attached hydrogens (tertiary/aromatic N) is 1. The molecule has 0 unspecified atom stereocenters. The molecule has 1 saturated heterocycles. The minimum absolute atomic E-state index is 0.00870. The van der Waals surface area contributed by atoms with E-state index in [1.54, 1.807) is 6.92 Å². The number of benzene rings is 1. The number of hydrogen-bond acceptors (Lipinski definition) is 6. The Kier molecular flexibility index (Phi) is 5.64. The van der Waals surface area contributed by atoms with Crippen LogP contribution in [0, 0.1) is 17.0 Å². The van der Waals surface area contributed by atoms with E-state index in [1.165, 1.54) is 12.1 Å². The third-order valence-corrected chi connectivity index (χ3v) is 3.53. The number of carbonyl (C=O) groups excluding carboxylic acids is 2. The summed E-state index contributed by atoms with van der Waals surface area (Å²) in [6.07, 6.45) is 1.88. The Morgan fingerprint density at radius 3 is 2.91 bits per heavy atom. The fourth-order valence-electron chi connectivity index (χ4n) is 2.23. The molecule has 0 radical (unpaired) electrons. The monoisotopic (exact) mass is 322 g/mol. The van der Waals surface area contributed by atoms with Crippen LogP contribution in [0.2, 0.25) is 0 Å². The van der Waals surface area contributed by atoms with Crippen LogP contribution in [0.3, 0.4) is 0 Å². The van der Waals surface area contributed by atoms with Gasteiger partial charge in [0.05, 0.1) is 16.6 Å². The largest absolute Gasteiger partial charge is 0.452 e. The van der Waals surface area contributed by atoms with Crippen molar-refractivity contribution in [2.45, 2.75) is 25.9 Å². The van der Waals surface area contributed by atoms with Gasteiger partial charge in [0.2, 0.25) is 0 Å². The fourth-order valence-corrected chi connectivity index (χ4v) is 2.23. The number of aryl methyl sites for hydroxylation is 1. The number of rotatable bonds is 6. The summed E-state index contributed by atoms with van der Waals surface area (Å²) >= 11 is 0. The maximum absolute atomic E-state index is 11.8. The van der Waals surface area contributed by atoms with E-state index >= 15 is 0 Å². The number of amides is 1. The van der Waals surface area contributed by atoms with E-state index in [0.717, 1.165) is 18.9 Å². The second kappa shape index (κ2) is 7.68. The van der Waals surface area contributed by atoms with Gasteiger partial charge in [0, 0.05) is 24.8 Å². The highest BCUT2D eigenvalue weighted by Gasteiger charge is 2.18. The Labute approximate surface area is 132 Å². The Hall–Kier alpha value is -2.48. The van der Waals surface area contributed by atoms with Crippen molar-refractivity contribution in [1.82, 2.24) is 5.32 Å². The smallest absolute Gasteiger partial charge is 0.338 e. The molecule has 1 fully saturated rings. The molecular formula is C15H18N2O6. The van der Waals surface area contributed by atoms with E-state index in [9.17, 15) is 19.7 Å². The molecule has 1 heterocycles. The van der Waals surface area contributed by atoms with Gasteiger partial charge in [0.15, 0.2) is 6.61 Å². The van der Waals surface area contributed by atoms with Crippen molar-refractivity contribution >= 4 is 17.6 Å². The summed E-state index contributed by atoms with van der Waals surface area (Å²) in [5.74, 6) is -1.21. The Morgan fingerprint density at radius 1 is 1.48 bits per heavy atom. The van der Waals surface area contributed by atoms with Crippen LogP contribution in [0.4, 0.5) is 5.69 Å². The average molecular weight is 322 g/mol. The normalized spacial score (nSPS) is 16.8. The summed E-state index contributed by atoms with van der Waals surface area (Å²) in [7, 11) is 0. The van der Waals surface area contributed by atoms with Gasteiger partial charge < -0.3 is 14.8 Å². The number of nitro benzene ring substituents is 1. The number of carbonyl (C=O) groups is 2. The third-order valence-electron chi connectivity index (χ3n) is 3.53. The van der Waals surface area contributed by atoms with Crippen molar-refractivity contribution in [3.63, 3.8) is 0 Å². The molecule has 1 atom stereocenters. The van der Waals surface area contributed by atoms with Gasteiger partial charge in [-0.15, -0.1) is 0 Å². The summed E-state index contributed by atoms with van der Waals surface area (Å²) in [6, 6.07) is 4.03. The SMILES string of the molecule is Cc1ccc(C(=O)OCC(=O)NC[C@@H]2CCCO2)cc1[N+](=O)[O-]. The Balaban J connectivity index is 1.83. The average Bonchev–Trinajstić information content (AvgIpc) is 3.04. The lowest BCUT2D eigenvalue weighted by atomic mass is 10.1. The highest BCUT2D eigenvalue weighted by molar-refractivity contribution is 5.92. The molecule has 1 aliphatic rings. The van der Waals surface area contributed by atoms with E-state index in [-0.39, 0.29) is 17.4 Å². The number of esters is 1. The molecule has 0 aliphatic carbocycles. The maximum Gasteiger partial charge on any atom is 0.338 e. The van der Waals surface area contributed by atoms with E-state index in [0.29, 0.717) is 18.7 Å². The lowest BCUT2D eigenvalue weighted by Gasteiger charge is -2.11. The van der Waals surface area contributed by atoms with Gasteiger partial charge in [-0.25, -0.2) is 4.79 Å². The topological polar surface area (TPSA) is 108 Å². The Bertz CT molecular complexity index is 610. The van der Waals surface area contributed by atoms with Crippen molar-refractivity contribution < 1.29 is 24.0 Å². The van der Waals surface area contributed by atoms with Crippen molar-refractivity contribution in [3.8, 4) is 0 Å². The van der Waals surface area contributed by atoms with E-state index in [1.807, 2.05) is 0 Å². The van der Waals surface area contributed by atoms with E-state index in [2.05, 4.69) is 5.32 Å². The molecule has 124 valence electrons. The molecule has 0 bridgehead atoms. The van der Waals surface area contributed by atoms with Crippen LogP contribution in [-0.4, -0.2) is 42.7 Å². The molecule has 1 amide bonds. The van der Waals surface area contributed by atoms with Crippen LogP contribution >= 0.6 is 0 Å².